The molecule has 4 heterocycles. The molecule has 32 nitrogen and oxygen atoms in total. The van der Waals surface area contributed by atoms with Gasteiger partial charge in [-0.3, -0.25) is 18.9 Å². The van der Waals surface area contributed by atoms with E-state index in [1.54, 1.807) is 0 Å². The van der Waals surface area contributed by atoms with Crippen LogP contribution < -0.4 is 16.0 Å². The molecule has 24 atom stereocenters. The van der Waals surface area contributed by atoms with Crippen molar-refractivity contribution in [3.05, 3.63) is 0 Å². The molecule has 69 heavy (non-hydrogen) atoms. The highest BCUT2D eigenvalue weighted by molar-refractivity contribution is 7.80. The van der Waals surface area contributed by atoms with Gasteiger partial charge in [-0.1, -0.05) is 0 Å². The Morgan fingerprint density at radius 2 is 1.06 bits per heavy atom. The summed E-state index contributed by atoms with van der Waals surface area (Å²) >= 11 is 0. The Hall–Kier alpha value is -2.60. The van der Waals surface area contributed by atoms with E-state index in [1.807, 2.05) is 0 Å². The summed E-state index contributed by atoms with van der Waals surface area (Å²) in [4.78, 5) is 37.2. The zero-order chi connectivity index (χ0) is 51.8. The minimum absolute atomic E-state index is 0.829. The van der Waals surface area contributed by atoms with Crippen molar-refractivity contribution in [1.29, 1.82) is 0 Å². The molecule has 4 saturated heterocycles. The van der Waals surface area contributed by atoms with Gasteiger partial charge in [-0.25, -0.2) is 4.18 Å². The summed E-state index contributed by atoms with van der Waals surface area (Å²) in [6.45, 7) is -3.16. The number of carbonyl (C=O) groups is 3. The molecular formula is C36H63N3O29S. The highest BCUT2D eigenvalue weighted by Crippen LogP contribution is 2.33. The van der Waals surface area contributed by atoms with Gasteiger partial charge < -0.3 is 125 Å². The largest absolute Gasteiger partial charge is 0.397 e. The number of hydrogen-bond donors (Lipinski definition) is 18. The molecule has 0 aromatic heterocycles. The van der Waals surface area contributed by atoms with Gasteiger partial charge in [0.1, 0.15) is 116 Å². The molecule has 4 rings (SSSR count). The molecule has 0 spiro atoms. The van der Waals surface area contributed by atoms with Crippen LogP contribution >= 0.6 is 0 Å². The minimum Gasteiger partial charge on any atom is -0.394 e. The fourth-order valence-corrected chi connectivity index (χ4v) is 8.19. The van der Waals surface area contributed by atoms with Crippen LogP contribution in [0.3, 0.4) is 0 Å². The monoisotopic (exact) mass is 1030 g/mol. The number of carbonyl (C=O) groups excluding carboxylic acids is 3. The fourth-order valence-electron chi connectivity index (χ4n) is 7.88. The van der Waals surface area contributed by atoms with Crippen LogP contribution in [0.5, 0.6) is 0 Å². The molecule has 3 amide bonds. The first-order valence-corrected chi connectivity index (χ1v) is 22.5. The van der Waals surface area contributed by atoms with Crippen molar-refractivity contribution < 1.29 is 141 Å². The molecule has 0 aromatic rings. The molecule has 402 valence electrons. The molecule has 0 unspecified atom stereocenters. The number of rotatable bonds is 22. The highest BCUT2D eigenvalue weighted by atomic mass is 32.3. The van der Waals surface area contributed by atoms with Crippen LogP contribution in [0.1, 0.15) is 20.8 Å². The Morgan fingerprint density at radius 1 is 0.580 bits per heavy atom. The van der Waals surface area contributed by atoms with Gasteiger partial charge in [-0.2, -0.15) is 8.42 Å². The van der Waals surface area contributed by atoms with Gasteiger partial charge in [0.25, 0.3) is 0 Å². The quantitative estimate of drug-likeness (QED) is 0.0448. The molecule has 33 heteroatoms. The van der Waals surface area contributed by atoms with E-state index in [9.17, 15) is 94.3 Å². The maximum absolute atomic E-state index is 12.6. The number of hydrogen-bond acceptors (Lipinski definition) is 28. The summed E-state index contributed by atoms with van der Waals surface area (Å²) in [5.41, 5.74) is 0. The summed E-state index contributed by atoms with van der Waals surface area (Å²) in [6, 6.07) is -5.15. The molecule has 0 radical (unpaired) electrons. The normalized spacial score (nSPS) is 40.5. The van der Waals surface area contributed by atoms with Crippen molar-refractivity contribution in [3.8, 4) is 0 Å². The first kappa shape index (κ1) is 59.0. The lowest BCUT2D eigenvalue weighted by atomic mass is 9.94. The van der Waals surface area contributed by atoms with Gasteiger partial charge in [-0.15, -0.1) is 0 Å². The Labute approximate surface area is 392 Å². The summed E-state index contributed by atoms with van der Waals surface area (Å²) in [7, 11) is -5.09. The van der Waals surface area contributed by atoms with E-state index in [0.29, 0.717) is 0 Å². The predicted molar refractivity (Wildman–Crippen MR) is 214 cm³/mol. The third kappa shape index (κ3) is 15.0. The average Bonchev–Trinajstić information content (AvgIpc) is 3.28. The Bertz CT molecular complexity index is 1760. The molecule has 0 aromatic carbocycles. The Balaban J connectivity index is 1.59. The first-order chi connectivity index (χ1) is 32.3. The molecular weight excluding hydrogens is 970 g/mol. The van der Waals surface area contributed by atoms with Gasteiger partial charge in [0, 0.05) is 20.8 Å². The predicted octanol–water partition coefficient (Wildman–Crippen LogP) is -12.0. The average molecular weight is 1030 g/mol. The molecule has 18 N–H and O–H groups in total. The zero-order valence-electron chi connectivity index (χ0n) is 36.9. The second-order valence-corrected chi connectivity index (χ2v) is 17.6. The highest BCUT2D eigenvalue weighted by Gasteiger charge is 2.55. The maximum Gasteiger partial charge on any atom is 0.397 e. The summed E-state index contributed by atoms with van der Waals surface area (Å²) in [6.07, 6.45) is -40.8. The number of ether oxygens (including phenoxy) is 8. The number of amides is 3. The van der Waals surface area contributed by atoms with E-state index in [2.05, 4.69) is 20.1 Å². The van der Waals surface area contributed by atoms with Crippen LogP contribution in [-0.4, -0.2) is 289 Å². The van der Waals surface area contributed by atoms with E-state index in [1.165, 1.54) is 0 Å². The lowest BCUT2D eigenvalue weighted by Crippen LogP contribution is -2.69. The van der Waals surface area contributed by atoms with Gasteiger partial charge in [0.05, 0.1) is 45.7 Å². The maximum atomic E-state index is 12.6. The van der Waals surface area contributed by atoms with Crippen LogP contribution in [0.2, 0.25) is 0 Å². The van der Waals surface area contributed by atoms with Crippen molar-refractivity contribution in [2.75, 3.05) is 39.6 Å². The zero-order valence-corrected chi connectivity index (χ0v) is 37.7. The lowest BCUT2D eigenvalue weighted by molar-refractivity contribution is -0.352. The number of nitrogens with one attached hydrogen (secondary N) is 3. The Morgan fingerprint density at radius 3 is 1.57 bits per heavy atom. The van der Waals surface area contributed by atoms with Crippen molar-refractivity contribution >= 4 is 28.1 Å². The van der Waals surface area contributed by atoms with Crippen molar-refractivity contribution in [1.82, 2.24) is 16.0 Å². The van der Waals surface area contributed by atoms with Gasteiger partial charge in [0.15, 0.2) is 25.2 Å². The number of aliphatic hydroxyl groups excluding tert-OH is 14. The fraction of sp³-hybridized carbons (Fsp3) is 0.917. The Kier molecular flexibility index (Phi) is 22.1. The lowest BCUT2D eigenvalue weighted by Gasteiger charge is -2.48. The van der Waals surface area contributed by atoms with Gasteiger partial charge >= 0.3 is 10.4 Å². The van der Waals surface area contributed by atoms with E-state index in [0.717, 1.165) is 20.8 Å². The minimum atomic E-state index is -5.09. The third-order valence-electron chi connectivity index (χ3n) is 11.4. The molecule has 4 aliphatic heterocycles. The van der Waals surface area contributed by atoms with E-state index < -0.39 is 215 Å². The first-order valence-electron chi connectivity index (χ1n) is 21.2. The topological polar surface area (TPSA) is 508 Å². The van der Waals surface area contributed by atoms with Crippen LogP contribution in [-0.2, 0) is 66.9 Å². The smallest absolute Gasteiger partial charge is 0.394 e. The summed E-state index contributed by atoms with van der Waals surface area (Å²) in [5, 5.41) is 156. The van der Waals surface area contributed by atoms with Crippen molar-refractivity contribution in [2.45, 2.75) is 168 Å². The molecule has 4 fully saturated rings. The second-order valence-electron chi connectivity index (χ2n) is 16.5. The van der Waals surface area contributed by atoms with Crippen molar-refractivity contribution in [3.63, 3.8) is 0 Å². The van der Waals surface area contributed by atoms with E-state index >= 15 is 0 Å². The molecule has 0 bridgehead atoms. The standard InChI is InChI=1S/C36H63N3O29S/c1-10(44)37-13(4-40)30(66-34-20(39-12(3)46)32(24(51)16(6-42)62-34)68-35-28(55)26(53)22(49)15(5-41)63-35)21(48)14(47)8-60-33-19(38-11(2)45)25(52)31(17(7-43)64-33)67-36-29(56)27(54)23(50)18(65-36)9-61-69(57,58)59/h13-36,40-43,47-56H,4-9H2,1-3H3,(H,37,44)(H,38,45)(H,39,46)(H,57,58,59)/t13-,14+,15+,16+,17+,18+,19+,20+,21-,22-,23-,24+,25+,26-,27-,28+,29+,30+,31+,32+,33+,34-,35-,36-/m0/s1. The van der Waals surface area contributed by atoms with E-state index in [4.69, 9.17) is 42.4 Å². The SMILES string of the molecule is CC(=O)N[C@H]1[C@H](OC[C@@H](O)[C@H](O)[C@H](O[C@@H]2O[C@H](CO)[C@@H](O)[C@H](O[C@@H]3O[C@H](CO)[C@H](O)[C@H](O)[C@H]3O)[C@H]2NC(C)=O)[C@H](CO)NC(C)=O)O[C@H](CO)[C@@H](O[C@@H]2O[C@H](COS(=O)(=O)O)[C@H](O)[C@H](O)[C@H]2O)[C@@H]1O. The molecule has 0 saturated carbocycles. The molecule has 4 aliphatic rings. The third-order valence-corrected chi connectivity index (χ3v) is 11.8. The van der Waals surface area contributed by atoms with Crippen LogP contribution in [0.4, 0.5) is 0 Å². The summed E-state index contributed by atoms with van der Waals surface area (Å²) < 4.78 is 80.6. The van der Waals surface area contributed by atoms with Crippen molar-refractivity contribution in [2.24, 2.45) is 0 Å². The summed E-state index contributed by atoms with van der Waals surface area (Å²) in [5.74, 6) is -2.53. The van der Waals surface area contributed by atoms with Crippen LogP contribution in [0, 0.1) is 0 Å². The van der Waals surface area contributed by atoms with E-state index in [-0.39, 0.29) is 0 Å². The number of aliphatic hydroxyl groups is 14. The van der Waals surface area contributed by atoms with Crippen LogP contribution in [0.15, 0.2) is 0 Å². The second kappa shape index (κ2) is 25.9. The molecule has 0 aliphatic carbocycles. The van der Waals surface area contributed by atoms with Crippen LogP contribution in [0.25, 0.3) is 0 Å². The van der Waals surface area contributed by atoms with Gasteiger partial charge in [-0.05, 0) is 0 Å². The van der Waals surface area contributed by atoms with Gasteiger partial charge in [0.2, 0.25) is 17.7 Å².